The summed E-state index contributed by atoms with van der Waals surface area (Å²) < 4.78 is 5.45. The molecule has 4 aromatic heterocycles. The normalized spacial score (nSPS) is 10.5. The summed E-state index contributed by atoms with van der Waals surface area (Å²) in [5.74, 6) is 6.21. The van der Waals surface area contributed by atoms with Gasteiger partial charge in [0.25, 0.3) is 5.91 Å². The van der Waals surface area contributed by atoms with Gasteiger partial charge in [-0.05, 0) is 37.0 Å². The van der Waals surface area contributed by atoms with Crippen LogP contribution < -0.4 is 10.1 Å². The van der Waals surface area contributed by atoms with Gasteiger partial charge < -0.3 is 4.74 Å². The quantitative estimate of drug-likeness (QED) is 0.386. The van der Waals surface area contributed by atoms with E-state index in [2.05, 4.69) is 47.3 Å². The molecule has 0 aliphatic carbocycles. The number of hydrogen-bond acceptors (Lipinski definition) is 8. The first-order chi connectivity index (χ1) is 16.6. The predicted molar refractivity (Wildman–Crippen MR) is 129 cm³/mol. The largest absolute Gasteiger partial charge is 0.496 e. The Hall–Kier alpha value is -4.62. The minimum atomic E-state index is -0.323. The molecule has 4 heterocycles. The molecule has 0 radical (unpaired) electrons. The lowest BCUT2D eigenvalue weighted by Crippen LogP contribution is -2.13. The van der Waals surface area contributed by atoms with Crippen molar-refractivity contribution in [2.45, 2.75) is 6.92 Å². The molecule has 0 spiro atoms. The fourth-order valence-electron chi connectivity index (χ4n) is 3.28. The fourth-order valence-corrected chi connectivity index (χ4v) is 4.08. The number of thiazole rings is 1. The highest BCUT2D eigenvalue weighted by Gasteiger charge is 2.18. The van der Waals surface area contributed by atoms with Crippen molar-refractivity contribution in [3.05, 3.63) is 77.6 Å². The molecule has 2 N–H and O–H groups in total. The SMILES string of the molecule is COc1ccccc1-c1cnccc1C(=O)Nc1nc2ncc(C#Cc3cc(C)[nH]n3)nc2s1. The highest BCUT2D eigenvalue weighted by Crippen LogP contribution is 2.32. The van der Waals surface area contributed by atoms with Gasteiger partial charge >= 0.3 is 0 Å². The number of aromatic amines is 1. The zero-order valence-electron chi connectivity index (χ0n) is 18.2. The lowest BCUT2D eigenvalue weighted by atomic mass is 10.0. The van der Waals surface area contributed by atoms with E-state index in [0.717, 1.165) is 11.3 Å². The predicted octanol–water partition coefficient (Wildman–Crippen LogP) is 3.84. The molecule has 0 unspecified atom stereocenters. The number of methoxy groups -OCH3 is 1. The van der Waals surface area contributed by atoms with E-state index in [0.29, 0.717) is 43.9 Å². The van der Waals surface area contributed by atoms with Crippen LogP contribution in [0.25, 0.3) is 21.6 Å². The second-order valence-electron chi connectivity index (χ2n) is 7.16. The number of carbonyl (C=O) groups excluding carboxylic acids is 1. The van der Waals surface area contributed by atoms with Crippen molar-refractivity contribution in [2.75, 3.05) is 12.4 Å². The minimum Gasteiger partial charge on any atom is -0.496 e. The number of amides is 1. The monoisotopic (exact) mass is 467 g/mol. The molecule has 34 heavy (non-hydrogen) atoms. The summed E-state index contributed by atoms with van der Waals surface area (Å²) in [7, 11) is 1.59. The first-order valence-corrected chi connectivity index (χ1v) is 11.0. The van der Waals surface area contributed by atoms with E-state index < -0.39 is 0 Å². The number of nitrogens with zero attached hydrogens (tertiary/aromatic N) is 5. The van der Waals surface area contributed by atoms with Crippen LogP contribution in [0.5, 0.6) is 5.75 Å². The summed E-state index contributed by atoms with van der Waals surface area (Å²) in [4.78, 5) is 31.1. The van der Waals surface area contributed by atoms with Crippen LogP contribution in [0.3, 0.4) is 0 Å². The van der Waals surface area contributed by atoms with E-state index >= 15 is 0 Å². The van der Waals surface area contributed by atoms with Gasteiger partial charge in [-0.1, -0.05) is 29.5 Å². The Morgan fingerprint density at radius 3 is 2.76 bits per heavy atom. The molecular formula is C24H17N7O2S. The highest BCUT2D eigenvalue weighted by molar-refractivity contribution is 7.21. The summed E-state index contributed by atoms with van der Waals surface area (Å²) in [6, 6.07) is 11.0. The number of pyridine rings is 1. The van der Waals surface area contributed by atoms with Gasteiger partial charge in [-0.25, -0.2) is 9.97 Å². The van der Waals surface area contributed by atoms with Gasteiger partial charge in [0, 0.05) is 29.2 Å². The molecule has 1 aromatic carbocycles. The van der Waals surface area contributed by atoms with E-state index in [1.54, 1.807) is 31.8 Å². The number of benzene rings is 1. The number of aryl methyl sites for hydroxylation is 1. The zero-order chi connectivity index (χ0) is 23.5. The minimum absolute atomic E-state index is 0.323. The summed E-state index contributed by atoms with van der Waals surface area (Å²) >= 11 is 1.22. The molecule has 166 valence electrons. The molecule has 0 saturated carbocycles. The molecule has 0 atom stereocenters. The molecule has 10 heteroatoms. The average molecular weight is 468 g/mol. The number of H-pyrrole nitrogens is 1. The Morgan fingerprint density at radius 2 is 1.94 bits per heavy atom. The molecule has 0 aliphatic rings. The molecule has 0 aliphatic heterocycles. The van der Waals surface area contributed by atoms with Crippen LogP contribution >= 0.6 is 11.3 Å². The van der Waals surface area contributed by atoms with Crippen LogP contribution in [0.2, 0.25) is 0 Å². The molecule has 0 fully saturated rings. The van der Waals surface area contributed by atoms with E-state index in [4.69, 9.17) is 4.74 Å². The molecule has 9 nitrogen and oxygen atoms in total. The Bertz CT molecular complexity index is 1580. The summed E-state index contributed by atoms with van der Waals surface area (Å²) in [5.41, 5.74) is 4.34. The maximum atomic E-state index is 13.1. The topological polar surface area (TPSA) is 119 Å². The van der Waals surface area contributed by atoms with Crippen LogP contribution in [0, 0.1) is 18.8 Å². The lowest BCUT2D eigenvalue weighted by molar-refractivity contribution is 0.102. The Kier molecular flexibility index (Phi) is 5.68. The number of fused-ring (bicyclic) bond motifs is 1. The van der Waals surface area contributed by atoms with Crippen molar-refractivity contribution in [2.24, 2.45) is 0 Å². The molecular weight excluding hydrogens is 450 g/mol. The Morgan fingerprint density at radius 1 is 1.09 bits per heavy atom. The number of rotatable bonds is 4. The van der Waals surface area contributed by atoms with E-state index in [9.17, 15) is 4.79 Å². The van der Waals surface area contributed by atoms with Crippen molar-refractivity contribution in [1.82, 2.24) is 30.1 Å². The number of carbonyl (C=O) groups is 1. The van der Waals surface area contributed by atoms with Gasteiger partial charge in [0.05, 0.1) is 18.9 Å². The van der Waals surface area contributed by atoms with Gasteiger partial charge in [-0.3, -0.25) is 20.2 Å². The number of aromatic nitrogens is 6. The van der Waals surface area contributed by atoms with Gasteiger partial charge in [0.15, 0.2) is 15.6 Å². The van der Waals surface area contributed by atoms with E-state index in [1.807, 2.05) is 37.3 Å². The first kappa shape index (κ1) is 21.2. The lowest BCUT2D eigenvalue weighted by Gasteiger charge is -2.11. The highest BCUT2D eigenvalue weighted by atomic mass is 32.1. The van der Waals surface area contributed by atoms with E-state index in [1.165, 1.54) is 11.3 Å². The van der Waals surface area contributed by atoms with Crippen molar-refractivity contribution >= 4 is 32.9 Å². The maximum absolute atomic E-state index is 13.1. The second kappa shape index (κ2) is 9.09. The van der Waals surface area contributed by atoms with Crippen molar-refractivity contribution < 1.29 is 9.53 Å². The van der Waals surface area contributed by atoms with Gasteiger partial charge in [0.2, 0.25) is 0 Å². The summed E-state index contributed by atoms with van der Waals surface area (Å²) in [6.45, 7) is 1.91. The standard InChI is InChI=1S/C24H17N7O2S/c1-14-11-15(31-30-14)7-8-16-12-26-21-23(27-16)34-24(28-21)29-22(32)18-9-10-25-13-19(18)17-5-3-4-6-20(17)33-2/h3-6,9-13H,1-2H3,(H,30,31)(H,26,28,29,32). The van der Waals surface area contributed by atoms with Gasteiger partial charge in [0.1, 0.15) is 17.1 Å². The first-order valence-electron chi connectivity index (χ1n) is 10.2. The van der Waals surface area contributed by atoms with Crippen LogP contribution in [-0.4, -0.2) is 43.2 Å². The molecule has 1 amide bonds. The fraction of sp³-hybridized carbons (Fsp3) is 0.0833. The second-order valence-corrected chi connectivity index (χ2v) is 8.14. The molecule has 0 bridgehead atoms. The number of hydrogen-bond donors (Lipinski definition) is 2. The summed E-state index contributed by atoms with van der Waals surface area (Å²) in [5, 5.41) is 10.2. The molecule has 0 saturated heterocycles. The maximum Gasteiger partial charge on any atom is 0.258 e. The van der Waals surface area contributed by atoms with Gasteiger partial charge in [-0.15, -0.1) is 0 Å². The third kappa shape index (κ3) is 4.32. The van der Waals surface area contributed by atoms with Crippen molar-refractivity contribution in [1.29, 1.82) is 0 Å². The summed E-state index contributed by atoms with van der Waals surface area (Å²) in [6.07, 6.45) is 4.75. The average Bonchev–Trinajstić information content (AvgIpc) is 3.47. The Balaban J connectivity index is 1.41. The number of anilines is 1. The van der Waals surface area contributed by atoms with E-state index in [-0.39, 0.29) is 5.91 Å². The van der Waals surface area contributed by atoms with Crippen LogP contribution in [0.1, 0.15) is 27.4 Å². The molecule has 5 aromatic rings. The van der Waals surface area contributed by atoms with Crippen molar-refractivity contribution in [3.8, 4) is 28.7 Å². The third-order valence-electron chi connectivity index (χ3n) is 4.83. The molecule has 5 rings (SSSR count). The Labute approximate surface area is 198 Å². The van der Waals surface area contributed by atoms with Crippen LogP contribution in [-0.2, 0) is 0 Å². The number of ether oxygens (including phenoxy) is 1. The van der Waals surface area contributed by atoms with Crippen LogP contribution in [0.15, 0.2) is 55.0 Å². The third-order valence-corrected chi connectivity index (χ3v) is 5.68. The van der Waals surface area contributed by atoms with Gasteiger partial charge in [-0.2, -0.15) is 10.1 Å². The number of nitrogens with one attached hydrogen (secondary N) is 2. The van der Waals surface area contributed by atoms with Crippen molar-refractivity contribution in [3.63, 3.8) is 0 Å². The zero-order valence-corrected chi connectivity index (χ0v) is 19.0. The number of para-hydroxylation sites is 1. The van der Waals surface area contributed by atoms with Crippen LogP contribution in [0.4, 0.5) is 5.13 Å². The smallest absolute Gasteiger partial charge is 0.258 e.